The first-order valence-electron chi connectivity index (χ1n) is 5.20. The van der Waals surface area contributed by atoms with Gasteiger partial charge in [-0.3, -0.25) is 4.79 Å². The summed E-state index contributed by atoms with van der Waals surface area (Å²) in [6, 6.07) is 0. The lowest BCUT2D eigenvalue weighted by Gasteiger charge is -2.36. The standard InChI is InChI=1S/C10H14F3NO/c1-6-4-14(5-8(6)11)9(15)7-2-10(12,13)3-7/h6-8H,2-5H2,1H3/t6-,8+/m1/s1. The molecule has 1 saturated carbocycles. The summed E-state index contributed by atoms with van der Waals surface area (Å²) in [5.74, 6) is -3.74. The Morgan fingerprint density at radius 3 is 2.33 bits per heavy atom. The Hall–Kier alpha value is -0.740. The van der Waals surface area contributed by atoms with E-state index in [9.17, 15) is 18.0 Å². The van der Waals surface area contributed by atoms with Gasteiger partial charge in [-0.1, -0.05) is 6.92 Å². The molecule has 0 unspecified atom stereocenters. The maximum absolute atomic E-state index is 13.1. The molecule has 0 bridgehead atoms. The molecule has 0 spiro atoms. The molecule has 5 heteroatoms. The first kappa shape index (κ1) is 10.8. The van der Waals surface area contributed by atoms with E-state index in [0.29, 0.717) is 6.54 Å². The van der Waals surface area contributed by atoms with Crippen molar-refractivity contribution in [3.05, 3.63) is 0 Å². The number of hydrogen-bond acceptors (Lipinski definition) is 1. The quantitative estimate of drug-likeness (QED) is 0.661. The maximum atomic E-state index is 13.1. The van der Waals surface area contributed by atoms with E-state index in [-0.39, 0.29) is 31.2 Å². The minimum Gasteiger partial charge on any atom is -0.339 e. The molecule has 2 fully saturated rings. The van der Waals surface area contributed by atoms with Crippen molar-refractivity contribution in [2.75, 3.05) is 13.1 Å². The first-order chi connectivity index (χ1) is 6.89. The molecule has 0 aromatic rings. The van der Waals surface area contributed by atoms with Gasteiger partial charge in [0.05, 0.1) is 6.54 Å². The zero-order chi connectivity index (χ0) is 11.2. The number of rotatable bonds is 1. The van der Waals surface area contributed by atoms with Gasteiger partial charge in [-0.25, -0.2) is 13.2 Å². The molecule has 2 rings (SSSR count). The molecular formula is C10H14F3NO. The monoisotopic (exact) mass is 221 g/mol. The van der Waals surface area contributed by atoms with E-state index >= 15 is 0 Å². The van der Waals surface area contributed by atoms with Gasteiger partial charge in [0, 0.05) is 31.2 Å². The molecule has 1 saturated heterocycles. The van der Waals surface area contributed by atoms with Crippen molar-refractivity contribution in [3.63, 3.8) is 0 Å². The number of likely N-dealkylation sites (tertiary alicyclic amines) is 1. The zero-order valence-corrected chi connectivity index (χ0v) is 8.55. The van der Waals surface area contributed by atoms with Gasteiger partial charge >= 0.3 is 0 Å². The third-order valence-electron chi connectivity index (χ3n) is 3.27. The number of amides is 1. The smallest absolute Gasteiger partial charge is 0.249 e. The molecule has 1 aliphatic heterocycles. The van der Waals surface area contributed by atoms with Gasteiger partial charge in [0.1, 0.15) is 6.17 Å². The lowest BCUT2D eigenvalue weighted by molar-refractivity contribution is -0.159. The van der Waals surface area contributed by atoms with E-state index in [1.807, 2.05) is 0 Å². The van der Waals surface area contributed by atoms with Crippen molar-refractivity contribution in [2.24, 2.45) is 11.8 Å². The predicted octanol–water partition coefficient (Wildman–Crippen LogP) is 1.85. The Morgan fingerprint density at radius 1 is 1.33 bits per heavy atom. The summed E-state index contributed by atoms with van der Waals surface area (Å²) >= 11 is 0. The molecular weight excluding hydrogens is 207 g/mol. The van der Waals surface area contributed by atoms with Crippen molar-refractivity contribution in [1.82, 2.24) is 4.90 Å². The minimum absolute atomic E-state index is 0.0715. The highest BCUT2D eigenvalue weighted by Crippen LogP contribution is 2.43. The fourth-order valence-electron chi connectivity index (χ4n) is 2.20. The van der Waals surface area contributed by atoms with Crippen molar-refractivity contribution in [2.45, 2.75) is 31.9 Å². The van der Waals surface area contributed by atoms with Crippen molar-refractivity contribution in [3.8, 4) is 0 Å². The minimum atomic E-state index is -2.68. The van der Waals surface area contributed by atoms with Gasteiger partial charge in [-0.05, 0) is 0 Å². The Bertz CT molecular complexity index is 264. The summed E-state index contributed by atoms with van der Waals surface area (Å²) in [6.45, 7) is 2.16. The number of hydrogen-bond donors (Lipinski definition) is 0. The lowest BCUT2D eigenvalue weighted by atomic mass is 9.80. The van der Waals surface area contributed by atoms with Gasteiger partial charge in [0.2, 0.25) is 11.8 Å². The molecule has 1 heterocycles. The van der Waals surface area contributed by atoms with E-state index in [2.05, 4.69) is 0 Å². The molecule has 0 aromatic heterocycles. The number of alkyl halides is 3. The van der Waals surface area contributed by atoms with E-state index in [1.165, 1.54) is 4.90 Å². The van der Waals surface area contributed by atoms with E-state index in [4.69, 9.17) is 0 Å². The number of nitrogens with zero attached hydrogens (tertiary/aromatic N) is 1. The molecule has 2 nitrogen and oxygen atoms in total. The van der Waals surface area contributed by atoms with Crippen LogP contribution in [0.4, 0.5) is 13.2 Å². The van der Waals surface area contributed by atoms with Crippen LogP contribution in [-0.2, 0) is 4.79 Å². The number of carbonyl (C=O) groups is 1. The SMILES string of the molecule is C[C@@H]1CN(C(=O)C2CC(F)(F)C2)C[C@@H]1F. The van der Waals surface area contributed by atoms with Crippen LogP contribution in [0.3, 0.4) is 0 Å². The van der Waals surface area contributed by atoms with Crippen LogP contribution in [0.2, 0.25) is 0 Å². The maximum Gasteiger partial charge on any atom is 0.249 e. The Labute approximate surface area is 86.4 Å². The molecule has 0 N–H and O–H groups in total. The van der Waals surface area contributed by atoms with Gasteiger partial charge < -0.3 is 4.90 Å². The van der Waals surface area contributed by atoms with Crippen LogP contribution in [0.1, 0.15) is 19.8 Å². The lowest BCUT2D eigenvalue weighted by Crippen LogP contribution is -2.46. The van der Waals surface area contributed by atoms with Crippen LogP contribution in [0.5, 0.6) is 0 Å². The van der Waals surface area contributed by atoms with Crippen molar-refractivity contribution < 1.29 is 18.0 Å². The Kier molecular flexibility index (Phi) is 2.43. The Morgan fingerprint density at radius 2 is 1.93 bits per heavy atom. The highest BCUT2D eigenvalue weighted by atomic mass is 19.3. The normalized spacial score (nSPS) is 35.3. The van der Waals surface area contributed by atoms with Gasteiger partial charge in [-0.2, -0.15) is 0 Å². The summed E-state index contributed by atoms with van der Waals surface area (Å²) in [7, 11) is 0. The molecule has 86 valence electrons. The summed E-state index contributed by atoms with van der Waals surface area (Å²) < 4.78 is 38.2. The molecule has 0 radical (unpaired) electrons. The second-order valence-corrected chi connectivity index (χ2v) is 4.70. The molecule has 0 aromatic carbocycles. The molecule has 1 amide bonds. The molecule has 1 aliphatic carbocycles. The predicted molar refractivity (Wildman–Crippen MR) is 48.3 cm³/mol. The average Bonchev–Trinajstić information content (AvgIpc) is 2.42. The van der Waals surface area contributed by atoms with Crippen LogP contribution >= 0.6 is 0 Å². The summed E-state index contributed by atoms with van der Waals surface area (Å²) in [4.78, 5) is 13.0. The zero-order valence-electron chi connectivity index (χ0n) is 8.55. The highest BCUT2D eigenvalue weighted by molar-refractivity contribution is 5.80. The van der Waals surface area contributed by atoms with Crippen LogP contribution in [-0.4, -0.2) is 36.0 Å². The molecule has 2 aliphatic rings. The fraction of sp³-hybridized carbons (Fsp3) is 0.900. The van der Waals surface area contributed by atoms with Crippen molar-refractivity contribution in [1.29, 1.82) is 0 Å². The first-order valence-corrected chi connectivity index (χ1v) is 5.20. The number of halogens is 3. The van der Waals surface area contributed by atoms with E-state index < -0.39 is 18.0 Å². The van der Waals surface area contributed by atoms with Crippen molar-refractivity contribution >= 4 is 5.91 Å². The summed E-state index contributed by atoms with van der Waals surface area (Å²) in [5, 5.41) is 0. The number of carbonyl (C=O) groups excluding carboxylic acids is 1. The summed E-state index contributed by atoms with van der Waals surface area (Å²) in [5.41, 5.74) is 0. The van der Waals surface area contributed by atoms with E-state index in [0.717, 1.165) is 0 Å². The van der Waals surface area contributed by atoms with Crippen LogP contribution in [0, 0.1) is 11.8 Å². The third-order valence-corrected chi connectivity index (χ3v) is 3.27. The van der Waals surface area contributed by atoms with E-state index in [1.54, 1.807) is 6.92 Å². The third kappa shape index (κ3) is 1.96. The van der Waals surface area contributed by atoms with Crippen LogP contribution in [0.15, 0.2) is 0 Å². The second kappa shape index (κ2) is 3.39. The van der Waals surface area contributed by atoms with Gasteiger partial charge in [-0.15, -0.1) is 0 Å². The second-order valence-electron chi connectivity index (χ2n) is 4.70. The highest BCUT2D eigenvalue weighted by Gasteiger charge is 2.50. The van der Waals surface area contributed by atoms with Crippen LogP contribution < -0.4 is 0 Å². The molecule has 15 heavy (non-hydrogen) atoms. The van der Waals surface area contributed by atoms with Crippen LogP contribution in [0.25, 0.3) is 0 Å². The Balaban J connectivity index is 1.88. The summed E-state index contributed by atoms with van der Waals surface area (Å²) in [6.07, 6.45) is -1.74. The average molecular weight is 221 g/mol. The largest absolute Gasteiger partial charge is 0.339 e. The van der Waals surface area contributed by atoms with Gasteiger partial charge in [0.15, 0.2) is 0 Å². The van der Waals surface area contributed by atoms with Gasteiger partial charge in [0.25, 0.3) is 0 Å². The topological polar surface area (TPSA) is 20.3 Å². The fourth-order valence-corrected chi connectivity index (χ4v) is 2.20. The molecule has 2 atom stereocenters.